The second-order valence-corrected chi connectivity index (χ2v) is 8.62. The number of carbonyl (C=O) groups is 1. The predicted octanol–water partition coefficient (Wildman–Crippen LogP) is 1.22. The summed E-state index contributed by atoms with van der Waals surface area (Å²) >= 11 is 0. The van der Waals surface area contributed by atoms with Crippen LogP contribution in [0.4, 0.5) is 4.79 Å². The van der Waals surface area contributed by atoms with Crippen LogP contribution in [0.2, 0.25) is 0 Å². The first kappa shape index (κ1) is 17.0. The molecule has 3 atom stereocenters. The molecule has 6 heteroatoms. The van der Waals surface area contributed by atoms with Gasteiger partial charge in [0, 0.05) is 6.54 Å². The Hall–Kier alpha value is -0.850. The van der Waals surface area contributed by atoms with Gasteiger partial charge in [-0.3, -0.25) is 0 Å². The molecule has 1 amide bonds. The molecule has 4 fully saturated rings. The van der Waals surface area contributed by atoms with Crippen molar-refractivity contribution in [1.82, 2.24) is 10.2 Å². The minimum atomic E-state index is -0.901. The highest BCUT2D eigenvalue weighted by molar-refractivity contribution is 5.69. The molecule has 4 N–H and O–H groups in total. The number of hydrogen-bond acceptors (Lipinski definition) is 5. The average Bonchev–Trinajstić information content (AvgIpc) is 2.46. The summed E-state index contributed by atoms with van der Waals surface area (Å²) in [6.45, 7) is 7.89. The molecule has 2 bridgehead atoms. The fourth-order valence-corrected chi connectivity index (χ4v) is 4.69. The highest BCUT2D eigenvalue weighted by atomic mass is 16.6. The molecule has 3 aliphatic heterocycles. The van der Waals surface area contributed by atoms with Gasteiger partial charge in [0.15, 0.2) is 0 Å². The standard InChI is InChI=1S/C17H31N3O3/c1-15(2,3)23-14(21)20-11-12-4-5-13(20)17(18,10-12)16(22)6-8-19-9-7-16/h12-13,19,22H,4-11,18H2,1-3H3. The Morgan fingerprint density at radius 2 is 1.96 bits per heavy atom. The predicted molar refractivity (Wildman–Crippen MR) is 88.0 cm³/mol. The van der Waals surface area contributed by atoms with Crippen molar-refractivity contribution in [3.05, 3.63) is 0 Å². The molecule has 4 rings (SSSR count). The smallest absolute Gasteiger partial charge is 0.410 e. The summed E-state index contributed by atoms with van der Waals surface area (Å²) in [4.78, 5) is 14.4. The van der Waals surface area contributed by atoms with Crippen molar-refractivity contribution in [2.75, 3.05) is 19.6 Å². The van der Waals surface area contributed by atoms with E-state index in [9.17, 15) is 9.90 Å². The average molecular weight is 325 g/mol. The van der Waals surface area contributed by atoms with Crippen LogP contribution in [0.15, 0.2) is 0 Å². The molecule has 4 aliphatic rings. The quantitative estimate of drug-likeness (QED) is 0.675. The number of nitrogens with two attached hydrogens (primary N) is 1. The van der Waals surface area contributed by atoms with Crippen LogP contribution in [0.25, 0.3) is 0 Å². The Bertz CT molecular complexity index is 470. The lowest BCUT2D eigenvalue weighted by atomic mass is 9.59. The Labute approximate surface area is 138 Å². The van der Waals surface area contributed by atoms with Gasteiger partial charge in [-0.25, -0.2) is 4.79 Å². The first-order valence-corrected chi connectivity index (χ1v) is 8.86. The minimum Gasteiger partial charge on any atom is -0.444 e. The number of nitrogens with zero attached hydrogens (tertiary/aromatic N) is 1. The Morgan fingerprint density at radius 3 is 2.52 bits per heavy atom. The van der Waals surface area contributed by atoms with E-state index in [0.717, 1.165) is 32.4 Å². The monoisotopic (exact) mass is 325 g/mol. The molecule has 3 saturated heterocycles. The van der Waals surface area contributed by atoms with E-state index < -0.39 is 16.7 Å². The molecular weight excluding hydrogens is 294 g/mol. The first-order chi connectivity index (χ1) is 10.6. The fraction of sp³-hybridized carbons (Fsp3) is 0.941. The number of carbonyl (C=O) groups excluding carboxylic acids is 1. The number of ether oxygens (including phenoxy) is 1. The van der Waals surface area contributed by atoms with Crippen LogP contribution in [-0.2, 0) is 4.74 Å². The lowest BCUT2D eigenvalue weighted by Gasteiger charge is -2.61. The summed E-state index contributed by atoms with van der Waals surface area (Å²) in [6.07, 6.45) is 3.74. The third-order valence-electron chi connectivity index (χ3n) is 5.83. The van der Waals surface area contributed by atoms with E-state index in [0.29, 0.717) is 25.3 Å². The van der Waals surface area contributed by atoms with Crippen molar-refractivity contribution in [2.45, 2.75) is 75.7 Å². The number of nitrogens with one attached hydrogen (secondary N) is 1. The van der Waals surface area contributed by atoms with Crippen molar-refractivity contribution in [1.29, 1.82) is 0 Å². The number of piperidine rings is 3. The van der Waals surface area contributed by atoms with Gasteiger partial charge < -0.3 is 25.8 Å². The van der Waals surface area contributed by atoms with Crippen LogP contribution in [-0.4, -0.2) is 58.5 Å². The Kier molecular flexibility index (Phi) is 4.14. The minimum absolute atomic E-state index is 0.134. The second kappa shape index (κ2) is 5.60. The summed E-state index contributed by atoms with van der Waals surface area (Å²) < 4.78 is 5.58. The maximum absolute atomic E-state index is 12.6. The van der Waals surface area contributed by atoms with Crippen molar-refractivity contribution >= 4 is 6.09 Å². The summed E-state index contributed by atoms with van der Waals surface area (Å²) in [7, 11) is 0. The topological polar surface area (TPSA) is 87.8 Å². The van der Waals surface area contributed by atoms with Gasteiger partial charge in [0.1, 0.15) is 5.60 Å². The molecule has 23 heavy (non-hydrogen) atoms. The summed E-state index contributed by atoms with van der Waals surface area (Å²) in [5.41, 5.74) is 4.67. The van der Waals surface area contributed by atoms with Crippen LogP contribution < -0.4 is 11.1 Å². The summed E-state index contributed by atoms with van der Waals surface area (Å²) in [6, 6.07) is -0.134. The van der Waals surface area contributed by atoms with E-state index >= 15 is 0 Å². The van der Waals surface area contributed by atoms with E-state index in [2.05, 4.69) is 5.32 Å². The molecule has 0 spiro atoms. The molecule has 6 nitrogen and oxygen atoms in total. The molecule has 3 heterocycles. The van der Waals surface area contributed by atoms with Crippen molar-refractivity contribution in [3.8, 4) is 0 Å². The van der Waals surface area contributed by atoms with Gasteiger partial charge in [0.05, 0.1) is 17.2 Å². The van der Waals surface area contributed by atoms with E-state index in [-0.39, 0.29) is 12.1 Å². The summed E-state index contributed by atoms with van der Waals surface area (Å²) in [5.74, 6) is 0.358. The normalized spacial score (nSPS) is 36.8. The van der Waals surface area contributed by atoms with Gasteiger partial charge in [-0.2, -0.15) is 0 Å². The maximum Gasteiger partial charge on any atom is 0.410 e. The zero-order chi connectivity index (χ0) is 16.9. The fourth-order valence-electron chi connectivity index (χ4n) is 4.69. The maximum atomic E-state index is 12.6. The molecule has 1 saturated carbocycles. The number of rotatable bonds is 1. The van der Waals surface area contributed by atoms with Gasteiger partial charge in [-0.15, -0.1) is 0 Å². The molecule has 0 aromatic heterocycles. The highest BCUT2D eigenvalue weighted by Gasteiger charge is 2.60. The van der Waals surface area contributed by atoms with Crippen LogP contribution in [0.3, 0.4) is 0 Å². The van der Waals surface area contributed by atoms with Crippen molar-refractivity contribution in [2.24, 2.45) is 11.7 Å². The van der Waals surface area contributed by atoms with Crippen LogP contribution >= 0.6 is 0 Å². The van der Waals surface area contributed by atoms with Crippen molar-refractivity contribution < 1.29 is 14.6 Å². The summed E-state index contributed by atoms with van der Waals surface area (Å²) in [5, 5.41) is 14.6. The third kappa shape index (κ3) is 2.96. The first-order valence-electron chi connectivity index (χ1n) is 8.86. The van der Waals surface area contributed by atoms with Gasteiger partial charge in [0.25, 0.3) is 0 Å². The molecule has 0 radical (unpaired) electrons. The molecule has 0 aromatic rings. The van der Waals surface area contributed by atoms with E-state index in [1.54, 1.807) is 4.90 Å². The Balaban J connectivity index is 1.84. The molecular formula is C17H31N3O3. The zero-order valence-corrected chi connectivity index (χ0v) is 14.6. The zero-order valence-electron chi connectivity index (χ0n) is 14.6. The molecule has 3 unspecified atom stereocenters. The van der Waals surface area contributed by atoms with Gasteiger partial charge >= 0.3 is 6.09 Å². The third-order valence-corrected chi connectivity index (χ3v) is 5.83. The molecule has 132 valence electrons. The van der Waals surface area contributed by atoms with Crippen LogP contribution in [0.1, 0.15) is 52.9 Å². The second-order valence-electron chi connectivity index (χ2n) is 8.62. The van der Waals surface area contributed by atoms with Crippen LogP contribution in [0.5, 0.6) is 0 Å². The SMILES string of the molecule is CC(C)(C)OC(=O)N1CC2CCC1C(N)(C1(O)CCNCC1)C2. The van der Waals surface area contributed by atoms with E-state index in [1.165, 1.54) is 0 Å². The number of amides is 1. The van der Waals surface area contributed by atoms with E-state index in [4.69, 9.17) is 10.5 Å². The van der Waals surface area contributed by atoms with Gasteiger partial charge in [-0.1, -0.05) is 0 Å². The largest absolute Gasteiger partial charge is 0.444 e. The van der Waals surface area contributed by atoms with Crippen molar-refractivity contribution in [3.63, 3.8) is 0 Å². The van der Waals surface area contributed by atoms with E-state index in [1.807, 2.05) is 20.8 Å². The number of hydrogen-bond donors (Lipinski definition) is 3. The highest BCUT2D eigenvalue weighted by Crippen LogP contribution is 2.48. The molecule has 1 aliphatic carbocycles. The van der Waals surface area contributed by atoms with Crippen LogP contribution in [0, 0.1) is 5.92 Å². The molecule has 0 aromatic carbocycles. The van der Waals surface area contributed by atoms with Gasteiger partial charge in [-0.05, 0) is 71.9 Å². The lowest BCUT2D eigenvalue weighted by Crippen LogP contribution is -2.78. The number of fused-ring (bicyclic) bond motifs is 3. The Morgan fingerprint density at radius 1 is 1.30 bits per heavy atom. The van der Waals surface area contributed by atoms with Gasteiger partial charge in [0.2, 0.25) is 0 Å². The lowest BCUT2D eigenvalue weighted by molar-refractivity contribution is -0.138. The number of aliphatic hydroxyl groups is 1.